The number of nitrogens with one attached hydrogen (secondary N) is 1. The Hall–Kier alpha value is -0.800. The molecule has 1 N–H and O–H groups in total. The smallest absolute Gasteiger partial charge is 0.0380 e. The first-order valence-corrected chi connectivity index (χ1v) is 6.57. The monoisotopic (exact) mass is 296 g/mol. The van der Waals surface area contributed by atoms with Crippen LogP contribution in [0.4, 0.5) is 5.69 Å². The maximum Gasteiger partial charge on any atom is 0.0380 e. The van der Waals surface area contributed by atoms with Gasteiger partial charge in [-0.25, -0.2) is 0 Å². The number of likely N-dealkylation sites (N-methyl/N-ethyl adjacent to an activating group) is 1. The van der Waals surface area contributed by atoms with Crippen molar-refractivity contribution < 1.29 is 0 Å². The molecule has 94 valence electrons. The highest BCUT2D eigenvalue weighted by Crippen LogP contribution is 2.27. The lowest BCUT2D eigenvalue weighted by atomic mass is 10.1. The fourth-order valence-corrected chi connectivity index (χ4v) is 2.47. The number of hydrogen-bond acceptors (Lipinski definition) is 2. The first-order chi connectivity index (χ1) is 7.95. The fourth-order valence-electron chi connectivity index (χ4n) is 1.76. The van der Waals surface area contributed by atoms with Crippen molar-refractivity contribution in [3.05, 3.63) is 40.4 Å². The number of benzene rings is 1. The standard InChI is InChI=1S/C14H21BrN2/c1-10(2)9-17(5)12-6-7-13(11(3)16-4)14(15)8-12/h6-8,11,16H,1,9H2,2-5H3. The van der Waals surface area contributed by atoms with Gasteiger partial charge in [0.1, 0.15) is 0 Å². The van der Waals surface area contributed by atoms with Crippen LogP contribution in [0.3, 0.4) is 0 Å². The van der Waals surface area contributed by atoms with Crippen LogP contribution in [0.15, 0.2) is 34.8 Å². The normalized spacial score (nSPS) is 12.3. The molecule has 0 heterocycles. The fraction of sp³-hybridized carbons (Fsp3) is 0.429. The average Bonchev–Trinajstić information content (AvgIpc) is 2.27. The molecule has 2 nitrogen and oxygen atoms in total. The topological polar surface area (TPSA) is 15.3 Å². The molecule has 0 aliphatic rings. The van der Waals surface area contributed by atoms with Crippen LogP contribution in [0.2, 0.25) is 0 Å². The van der Waals surface area contributed by atoms with E-state index in [1.807, 2.05) is 14.0 Å². The third-order valence-corrected chi connectivity index (χ3v) is 3.52. The van der Waals surface area contributed by atoms with Gasteiger partial charge in [0.15, 0.2) is 0 Å². The summed E-state index contributed by atoms with van der Waals surface area (Å²) in [4.78, 5) is 2.20. The Kier molecular flexibility index (Phi) is 5.22. The summed E-state index contributed by atoms with van der Waals surface area (Å²) in [5.74, 6) is 0. The Labute approximate surface area is 113 Å². The molecule has 0 bridgehead atoms. The Morgan fingerprint density at radius 2 is 2.18 bits per heavy atom. The summed E-state index contributed by atoms with van der Waals surface area (Å²) in [6.07, 6.45) is 0. The highest BCUT2D eigenvalue weighted by Gasteiger charge is 2.09. The number of rotatable bonds is 5. The van der Waals surface area contributed by atoms with Crippen LogP contribution < -0.4 is 10.2 Å². The van der Waals surface area contributed by atoms with E-state index in [1.165, 1.54) is 11.3 Å². The molecule has 1 aromatic carbocycles. The zero-order valence-corrected chi connectivity index (χ0v) is 12.6. The summed E-state index contributed by atoms with van der Waals surface area (Å²) in [6.45, 7) is 9.02. The van der Waals surface area contributed by atoms with E-state index >= 15 is 0 Å². The predicted molar refractivity (Wildman–Crippen MR) is 79.7 cm³/mol. The number of hydrogen-bond donors (Lipinski definition) is 1. The van der Waals surface area contributed by atoms with Crippen molar-refractivity contribution in [1.82, 2.24) is 5.32 Å². The molecule has 0 amide bonds. The Morgan fingerprint density at radius 3 is 2.65 bits per heavy atom. The van der Waals surface area contributed by atoms with E-state index in [2.05, 4.69) is 64.9 Å². The molecule has 3 heteroatoms. The van der Waals surface area contributed by atoms with E-state index in [-0.39, 0.29) is 0 Å². The summed E-state index contributed by atoms with van der Waals surface area (Å²) in [5, 5.41) is 3.25. The molecular weight excluding hydrogens is 276 g/mol. The average molecular weight is 297 g/mol. The first-order valence-electron chi connectivity index (χ1n) is 5.78. The Morgan fingerprint density at radius 1 is 1.53 bits per heavy atom. The molecule has 0 aromatic heterocycles. The number of halogens is 1. The maximum atomic E-state index is 3.94. The molecule has 1 aromatic rings. The summed E-state index contributed by atoms with van der Waals surface area (Å²) in [6, 6.07) is 6.82. The molecular formula is C14H21BrN2. The van der Waals surface area contributed by atoms with E-state index in [1.54, 1.807) is 0 Å². The third kappa shape index (κ3) is 3.86. The summed E-state index contributed by atoms with van der Waals surface area (Å²) in [7, 11) is 4.05. The van der Waals surface area contributed by atoms with Crippen molar-refractivity contribution in [2.45, 2.75) is 19.9 Å². The van der Waals surface area contributed by atoms with Crippen LogP contribution in [0.5, 0.6) is 0 Å². The lowest BCUT2D eigenvalue weighted by Crippen LogP contribution is -2.19. The Balaban J connectivity index is 2.92. The Bertz CT molecular complexity index is 401. The van der Waals surface area contributed by atoms with Gasteiger partial charge in [-0.2, -0.15) is 0 Å². The van der Waals surface area contributed by atoms with Gasteiger partial charge in [0.05, 0.1) is 0 Å². The van der Waals surface area contributed by atoms with Gasteiger partial charge in [-0.15, -0.1) is 0 Å². The molecule has 0 fully saturated rings. The van der Waals surface area contributed by atoms with Crippen LogP contribution in [0, 0.1) is 0 Å². The molecule has 0 radical (unpaired) electrons. The van der Waals surface area contributed by atoms with E-state index < -0.39 is 0 Å². The highest BCUT2D eigenvalue weighted by molar-refractivity contribution is 9.10. The second-order valence-corrected chi connectivity index (χ2v) is 5.38. The molecule has 0 saturated carbocycles. The van der Waals surface area contributed by atoms with Crippen molar-refractivity contribution in [2.24, 2.45) is 0 Å². The van der Waals surface area contributed by atoms with Gasteiger partial charge < -0.3 is 10.2 Å². The van der Waals surface area contributed by atoms with Crippen LogP contribution >= 0.6 is 15.9 Å². The predicted octanol–water partition coefficient (Wildman–Crippen LogP) is 3.74. The van der Waals surface area contributed by atoms with Crippen LogP contribution in [0.1, 0.15) is 25.5 Å². The lowest BCUT2D eigenvalue weighted by Gasteiger charge is -2.21. The molecule has 1 rings (SSSR count). The first kappa shape index (κ1) is 14.3. The molecule has 0 saturated heterocycles. The van der Waals surface area contributed by atoms with Gasteiger partial charge in [0, 0.05) is 29.8 Å². The van der Waals surface area contributed by atoms with Gasteiger partial charge in [-0.3, -0.25) is 0 Å². The second-order valence-electron chi connectivity index (χ2n) is 4.53. The molecule has 0 aliphatic carbocycles. The quantitative estimate of drug-likeness (QED) is 0.833. The van der Waals surface area contributed by atoms with Gasteiger partial charge in [0.25, 0.3) is 0 Å². The summed E-state index contributed by atoms with van der Waals surface area (Å²) in [5.41, 5.74) is 3.64. The second kappa shape index (κ2) is 6.22. The van der Waals surface area contributed by atoms with Gasteiger partial charge in [-0.05, 0) is 38.6 Å². The number of nitrogens with zero attached hydrogens (tertiary/aromatic N) is 1. The molecule has 17 heavy (non-hydrogen) atoms. The minimum atomic E-state index is 0.352. The van der Waals surface area contributed by atoms with Gasteiger partial charge in [-0.1, -0.05) is 34.1 Å². The lowest BCUT2D eigenvalue weighted by molar-refractivity contribution is 0.649. The molecule has 0 spiro atoms. The van der Waals surface area contributed by atoms with Crippen molar-refractivity contribution in [2.75, 3.05) is 25.5 Å². The van der Waals surface area contributed by atoms with E-state index in [4.69, 9.17) is 0 Å². The third-order valence-electron chi connectivity index (χ3n) is 2.83. The van der Waals surface area contributed by atoms with Crippen LogP contribution in [0.25, 0.3) is 0 Å². The van der Waals surface area contributed by atoms with E-state index in [9.17, 15) is 0 Å². The maximum absolute atomic E-state index is 3.94. The largest absolute Gasteiger partial charge is 0.371 e. The molecule has 1 unspecified atom stereocenters. The van der Waals surface area contributed by atoms with Crippen molar-refractivity contribution in [3.63, 3.8) is 0 Å². The minimum Gasteiger partial charge on any atom is -0.371 e. The summed E-state index contributed by atoms with van der Waals surface area (Å²) >= 11 is 3.63. The van der Waals surface area contributed by atoms with Crippen molar-refractivity contribution in [1.29, 1.82) is 0 Å². The zero-order valence-electron chi connectivity index (χ0n) is 11.0. The molecule has 1 atom stereocenters. The van der Waals surface area contributed by atoms with Crippen LogP contribution in [-0.2, 0) is 0 Å². The van der Waals surface area contributed by atoms with Gasteiger partial charge >= 0.3 is 0 Å². The van der Waals surface area contributed by atoms with Crippen molar-refractivity contribution in [3.8, 4) is 0 Å². The van der Waals surface area contributed by atoms with Gasteiger partial charge in [0.2, 0.25) is 0 Å². The van der Waals surface area contributed by atoms with E-state index in [0.29, 0.717) is 6.04 Å². The molecule has 0 aliphatic heterocycles. The van der Waals surface area contributed by atoms with E-state index in [0.717, 1.165) is 16.6 Å². The van der Waals surface area contributed by atoms with Crippen LogP contribution in [-0.4, -0.2) is 20.6 Å². The van der Waals surface area contributed by atoms with Crippen molar-refractivity contribution >= 4 is 21.6 Å². The highest BCUT2D eigenvalue weighted by atomic mass is 79.9. The zero-order chi connectivity index (χ0) is 13.0. The number of anilines is 1. The summed E-state index contributed by atoms with van der Waals surface area (Å²) < 4.78 is 1.14. The minimum absolute atomic E-state index is 0.352. The SMILES string of the molecule is C=C(C)CN(C)c1ccc(C(C)NC)c(Br)c1.